The lowest BCUT2D eigenvalue weighted by molar-refractivity contribution is 0.813. The lowest BCUT2D eigenvalue weighted by Crippen LogP contribution is -2.04. The molecule has 0 fully saturated rings. The molecule has 0 N–H and O–H groups in total. The van der Waals surface area contributed by atoms with E-state index in [-0.39, 0.29) is 0 Å². The Balaban J connectivity index is 2.06. The predicted octanol–water partition coefficient (Wildman–Crippen LogP) is 4.39. The second-order valence-corrected chi connectivity index (χ2v) is 5.20. The number of benzene rings is 1. The molecule has 1 heterocycles. The molecular weight excluding hydrogens is 270 g/mol. The first kappa shape index (κ1) is 14.4. The molecule has 0 atom stereocenters. The van der Waals surface area contributed by atoms with Crippen molar-refractivity contribution in [1.82, 2.24) is 15.0 Å². The molecule has 22 heavy (non-hydrogen) atoms. The topological polar surface area (TPSA) is 38.7 Å². The van der Waals surface area contributed by atoms with Gasteiger partial charge in [0.2, 0.25) is 0 Å². The van der Waals surface area contributed by atoms with Crippen molar-refractivity contribution in [3.8, 4) is 11.4 Å². The number of aryl methyl sites for hydroxylation is 1. The van der Waals surface area contributed by atoms with Crippen LogP contribution in [0.1, 0.15) is 31.4 Å². The van der Waals surface area contributed by atoms with Crippen LogP contribution in [-0.4, -0.2) is 15.0 Å². The van der Waals surface area contributed by atoms with Crippen LogP contribution in [-0.2, 0) is 6.42 Å². The molecule has 3 rings (SSSR count). The van der Waals surface area contributed by atoms with Crippen LogP contribution in [0.25, 0.3) is 17.0 Å². The first-order chi connectivity index (χ1) is 10.9. The van der Waals surface area contributed by atoms with E-state index in [9.17, 15) is 0 Å². The zero-order chi connectivity index (χ0) is 15.2. The fraction of sp³-hybridized carbons (Fsp3) is 0.211. The molecule has 1 aliphatic rings. The lowest BCUT2D eigenvalue weighted by atomic mass is 10.1. The van der Waals surface area contributed by atoms with Gasteiger partial charge in [-0.25, -0.2) is 15.0 Å². The summed E-state index contributed by atoms with van der Waals surface area (Å²) in [5.41, 5.74) is 2.08. The van der Waals surface area contributed by atoms with Crippen LogP contribution in [0.2, 0.25) is 0 Å². The average Bonchev–Trinajstić information content (AvgIpc) is 2.85. The van der Waals surface area contributed by atoms with E-state index in [2.05, 4.69) is 46.2 Å². The van der Waals surface area contributed by atoms with Gasteiger partial charge in [0.1, 0.15) is 5.82 Å². The van der Waals surface area contributed by atoms with Crippen molar-refractivity contribution in [2.75, 3.05) is 0 Å². The van der Waals surface area contributed by atoms with E-state index in [4.69, 9.17) is 0 Å². The van der Waals surface area contributed by atoms with Crippen LogP contribution in [0.3, 0.4) is 0 Å². The second kappa shape index (κ2) is 6.94. The first-order valence-electron chi connectivity index (χ1n) is 7.71. The van der Waals surface area contributed by atoms with E-state index in [0.29, 0.717) is 0 Å². The van der Waals surface area contributed by atoms with E-state index in [0.717, 1.165) is 47.9 Å². The van der Waals surface area contributed by atoms with Gasteiger partial charge in [-0.3, -0.25) is 0 Å². The summed E-state index contributed by atoms with van der Waals surface area (Å²) in [5, 5.41) is 0. The van der Waals surface area contributed by atoms with Crippen LogP contribution in [0, 0.1) is 0 Å². The molecule has 0 unspecified atom stereocenters. The molecule has 110 valence electrons. The molecule has 3 nitrogen and oxygen atoms in total. The highest BCUT2D eigenvalue weighted by Gasteiger charge is 2.10. The maximum atomic E-state index is 4.68. The molecule has 0 radical (unpaired) electrons. The van der Waals surface area contributed by atoms with Gasteiger partial charge in [0.15, 0.2) is 11.6 Å². The number of allylic oxidation sites excluding steroid dienone is 6. The van der Waals surface area contributed by atoms with Gasteiger partial charge in [-0.1, -0.05) is 67.6 Å². The highest BCUT2D eigenvalue weighted by Crippen LogP contribution is 2.20. The van der Waals surface area contributed by atoms with Crippen molar-refractivity contribution in [2.24, 2.45) is 0 Å². The van der Waals surface area contributed by atoms with Crippen LogP contribution in [0.4, 0.5) is 0 Å². The molecule has 0 bridgehead atoms. The van der Waals surface area contributed by atoms with Crippen molar-refractivity contribution >= 4 is 5.57 Å². The molecule has 3 heteroatoms. The van der Waals surface area contributed by atoms with Crippen molar-refractivity contribution in [3.63, 3.8) is 0 Å². The van der Waals surface area contributed by atoms with E-state index in [1.807, 2.05) is 36.4 Å². The summed E-state index contributed by atoms with van der Waals surface area (Å²) in [6.45, 7) is 2.14. The van der Waals surface area contributed by atoms with Gasteiger partial charge >= 0.3 is 0 Å². The Labute approximate surface area is 131 Å². The minimum atomic E-state index is 0.751. The van der Waals surface area contributed by atoms with Gasteiger partial charge in [0.25, 0.3) is 0 Å². The van der Waals surface area contributed by atoms with Crippen molar-refractivity contribution in [3.05, 3.63) is 72.4 Å². The molecule has 1 aromatic carbocycles. The Hall–Kier alpha value is -2.55. The molecule has 1 aliphatic carbocycles. The van der Waals surface area contributed by atoms with Gasteiger partial charge in [-0.05, 0) is 12.8 Å². The van der Waals surface area contributed by atoms with E-state index >= 15 is 0 Å². The summed E-state index contributed by atoms with van der Waals surface area (Å²) < 4.78 is 0. The molecule has 0 amide bonds. The number of aromatic nitrogens is 3. The van der Waals surface area contributed by atoms with Crippen LogP contribution in [0.5, 0.6) is 0 Å². The Bertz CT molecular complexity index is 728. The van der Waals surface area contributed by atoms with Gasteiger partial charge in [0.05, 0.1) is 0 Å². The van der Waals surface area contributed by atoms with Crippen molar-refractivity contribution in [2.45, 2.75) is 26.2 Å². The quantitative estimate of drug-likeness (QED) is 0.838. The molecule has 0 spiro atoms. The van der Waals surface area contributed by atoms with Crippen LogP contribution >= 0.6 is 0 Å². The third-order valence-corrected chi connectivity index (χ3v) is 3.44. The fourth-order valence-electron chi connectivity index (χ4n) is 2.35. The highest BCUT2D eigenvalue weighted by atomic mass is 15.0. The Morgan fingerprint density at radius 1 is 0.955 bits per heavy atom. The van der Waals surface area contributed by atoms with Crippen molar-refractivity contribution < 1.29 is 0 Å². The Morgan fingerprint density at radius 3 is 2.59 bits per heavy atom. The smallest absolute Gasteiger partial charge is 0.163 e. The average molecular weight is 289 g/mol. The molecule has 2 aromatic rings. The first-order valence-corrected chi connectivity index (χ1v) is 7.71. The normalized spacial score (nSPS) is 13.8. The number of nitrogens with zero attached hydrogens (tertiary/aromatic N) is 3. The summed E-state index contributed by atoms with van der Waals surface area (Å²) in [7, 11) is 0. The van der Waals surface area contributed by atoms with Crippen LogP contribution in [0.15, 0.2) is 60.7 Å². The highest BCUT2D eigenvalue weighted by molar-refractivity contribution is 5.71. The largest absolute Gasteiger partial charge is 0.213 e. The standard InChI is InChI=1S/C19H19N3/c1-2-10-17-20-18(15-11-6-3-4-7-12-15)22-19(21-17)16-13-8-5-9-14-16/h3-6,8-9,11-14H,2,7,10H2,1H3. The molecule has 0 aliphatic heterocycles. The summed E-state index contributed by atoms with van der Waals surface area (Å²) in [6, 6.07) is 10.1. The maximum absolute atomic E-state index is 4.68. The summed E-state index contributed by atoms with van der Waals surface area (Å²) in [4.78, 5) is 13.9. The molecule has 1 aromatic heterocycles. The van der Waals surface area contributed by atoms with Gasteiger partial charge in [-0.2, -0.15) is 0 Å². The molecule has 0 saturated heterocycles. The fourth-order valence-corrected chi connectivity index (χ4v) is 2.35. The van der Waals surface area contributed by atoms with Crippen molar-refractivity contribution in [1.29, 1.82) is 0 Å². The zero-order valence-electron chi connectivity index (χ0n) is 12.7. The number of hydrogen-bond donors (Lipinski definition) is 0. The number of hydrogen-bond acceptors (Lipinski definition) is 3. The zero-order valence-corrected chi connectivity index (χ0v) is 12.7. The van der Waals surface area contributed by atoms with E-state index in [1.165, 1.54) is 0 Å². The number of rotatable bonds is 4. The van der Waals surface area contributed by atoms with E-state index < -0.39 is 0 Å². The van der Waals surface area contributed by atoms with E-state index in [1.54, 1.807) is 0 Å². The minimum Gasteiger partial charge on any atom is -0.213 e. The van der Waals surface area contributed by atoms with Gasteiger partial charge in [-0.15, -0.1) is 0 Å². The summed E-state index contributed by atoms with van der Waals surface area (Å²) in [6.07, 6.45) is 13.2. The summed E-state index contributed by atoms with van der Waals surface area (Å²) >= 11 is 0. The lowest BCUT2D eigenvalue weighted by Gasteiger charge is -2.07. The second-order valence-electron chi connectivity index (χ2n) is 5.20. The molecule has 0 saturated carbocycles. The maximum Gasteiger partial charge on any atom is 0.163 e. The third-order valence-electron chi connectivity index (χ3n) is 3.44. The Kier molecular flexibility index (Phi) is 4.54. The third kappa shape index (κ3) is 3.37. The SMILES string of the molecule is CCCc1nc(C2=CCC=CC=C2)nc(-c2ccccc2)n1. The molecular formula is C19H19N3. The van der Waals surface area contributed by atoms with Crippen LogP contribution < -0.4 is 0 Å². The monoisotopic (exact) mass is 289 g/mol. The summed E-state index contributed by atoms with van der Waals surface area (Å²) in [5.74, 6) is 2.37. The predicted molar refractivity (Wildman–Crippen MR) is 90.1 cm³/mol. The van der Waals surface area contributed by atoms with Gasteiger partial charge in [0, 0.05) is 17.6 Å². The van der Waals surface area contributed by atoms with Gasteiger partial charge < -0.3 is 0 Å². The minimum absolute atomic E-state index is 0.751. The Morgan fingerprint density at radius 2 is 1.77 bits per heavy atom.